The van der Waals surface area contributed by atoms with E-state index in [0.29, 0.717) is 12.2 Å². The summed E-state index contributed by atoms with van der Waals surface area (Å²) in [6, 6.07) is 1.82. The number of hydrogen-bond donors (Lipinski definition) is 2. The maximum absolute atomic E-state index is 12.2. The molecule has 1 amide bonds. The van der Waals surface area contributed by atoms with E-state index in [0.717, 1.165) is 24.7 Å². The van der Waals surface area contributed by atoms with Crippen molar-refractivity contribution in [2.45, 2.75) is 45.6 Å². The number of aryl methyl sites for hydroxylation is 1. The number of rotatable bonds is 6. The second kappa shape index (κ2) is 7.93. The van der Waals surface area contributed by atoms with Gasteiger partial charge in [0.05, 0.1) is 11.8 Å². The zero-order chi connectivity index (χ0) is 17.0. The van der Waals surface area contributed by atoms with Gasteiger partial charge in [0.15, 0.2) is 0 Å². The van der Waals surface area contributed by atoms with Gasteiger partial charge in [-0.2, -0.15) is 5.10 Å². The zero-order valence-electron chi connectivity index (χ0n) is 14.7. The average Bonchev–Trinajstić information content (AvgIpc) is 2.89. The molecule has 0 aromatic carbocycles. The van der Waals surface area contributed by atoms with Gasteiger partial charge in [-0.15, -0.1) is 0 Å². The predicted octanol–water partition coefficient (Wildman–Crippen LogP) is 1.37. The molecule has 1 unspecified atom stereocenters. The van der Waals surface area contributed by atoms with E-state index in [2.05, 4.69) is 22.2 Å². The quantitative estimate of drug-likeness (QED) is 0.830. The molecule has 6 nitrogen and oxygen atoms in total. The maximum Gasteiger partial charge on any atom is 0.269 e. The molecular formula is C17H30N4O2. The molecule has 2 rings (SSSR count). The Hall–Kier alpha value is -1.40. The minimum absolute atomic E-state index is 0.182. The first kappa shape index (κ1) is 17.9. The number of aromatic nitrogens is 2. The zero-order valence-corrected chi connectivity index (χ0v) is 14.7. The van der Waals surface area contributed by atoms with E-state index in [1.807, 2.05) is 19.9 Å². The second-order valence-electron chi connectivity index (χ2n) is 7.08. The van der Waals surface area contributed by atoms with Gasteiger partial charge in [-0.05, 0) is 43.8 Å². The topological polar surface area (TPSA) is 70.4 Å². The summed E-state index contributed by atoms with van der Waals surface area (Å²) in [6.45, 7) is 9.33. The fourth-order valence-electron chi connectivity index (χ4n) is 2.89. The van der Waals surface area contributed by atoms with Gasteiger partial charge in [-0.1, -0.05) is 20.8 Å². The van der Waals surface area contributed by atoms with Crippen LogP contribution in [0.15, 0.2) is 6.07 Å². The van der Waals surface area contributed by atoms with Crippen molar-refractivity contribution < 1.29 is 9.90 Å². The summed E-state index contributed by atoms with van der Waals surface area (Å²) in [6.07, 6.45) is 1.84. The molecule has 1 atom stereocenters. The molecule has 23 heavy (non-hydrogen) atoms. The monoisotopic (exact) mass is 322 g/mol. The van der Waals surface area contributed by atoms with E-state index >= 15 is 0 Å². The number of carbonyl (C=O) groups is 1. The molecule has 1 saturated heterocycles. The highest BCUT2D eigenvalue weighted by Crippen LogP contribution is 2.16. The summed E-state index contributed by atoms with van der Waals surface area (Å²) in [5.74, 6) is 0.885. The smallest absolute Gasteiger partial charge is 0.269 e. The molecule has 0 radical (unpaired) electrons. The molecule has 2 heterocycles. The van der Waals surface area contributed by atoms with Crippen LogP contribution in [0.25, 0.3) is 0 Å². The van der Waals surface area contributed by atoms with Gasteiger partial charge in [-0.25, -0.2) is 0 Å². The Morgan fingerprint density at radius 1 is 1.43 bits per heavy atom. The van der Waals surface area contributed by atoms with Crippen molar-refractivity contribution in [2.24, 2.45) is 13.0 Å². The van der Waals surface area contributed by atoms with Crippen molar-refractivity contribution in [3.8, 4) is 0 Å². The van der Waals surface area contributed by atoms with Crippen molar-refractivity contribution >= 4 is 5.91 Å². The Kier molecular flexibility index (Phi) is 6.18. The van der Waals surface area contributed by atoms with Crippen LogP contribution in [0.5, 0.6) is 0 Å². The van der Waals surface area contributed by atoms with E-state index < -0.39 is 6.10 Å². The maximum atomic E-state index is 12.2. The molecule has 1 fully saturated rings. The molecule has 6 heteroatoms. The SMILES string of the molecule is CC1CCN(CC(O)CNC(=O)c2cc(C(C)C)nn2C)CC1. The second-order valence-corrected chi connectivity index (χ2v) is 7.08. The lowest BCUT2D eigenvalue weighted by Gasteiger charge is -2.31. The van der Waals surface area contributed by atoms with Crippen LogP contribution in [0, 0.1) is 5.92 Å². The molecule has 1 aromatic heterocycles. The summed E-state index contributed by atoms with van der Waals surface area (Å²) in [5.41, 5.74) is 1.44. The lowest BCUT2D eigenvalue weighted by molar-refractivity contribution is 0.0790. The summed E-state index contributed by atoms with van der Waals surface area (Å²) < 4.78 is 1.60. The first-order chi connectivity index (χ1) is 10.9. The van der Waals surface area contributed by atoms with Gasteiger partial charge >= 0.3 is 0 Å². The van der Waals surface area contributed by atoms with E-state index in [9.17, 15) is 9.90 Å². The molecule has 0 aliphatic carbocycles. The van der Waals surface area contributed by atoms with Crippen molar-refractivity contribution in [1.82, 2.24) is 20.0 Å². The highest BCUT2D eigenvalue weighted by atomic mass is 16.3. The third-order valence-corrected chi connectivity index (χ3v) is 4.57. The fraction of sp³-hybridized carbons (Fsp3) is 0.765. The van der Waals surface area contributed by atoms with Crippen LogP contribution in [0.2, 0.25) is 0 Å². The third kappa shape index (κ3) is 5.04. The Labute approximate surface area is 138 Å². The van der Waals surface area contributed by atoms with Crippen LogP contribution in [-0.2, 0) is 7.05 Å². The van der Waals surface area contributed by atoms with Gasteiger partial charge in [0.2, 0.25) is 0 Å². The van der Waals surface area contributed by atoms with Crippen molar-refractivity contribution in [1.29, 1.82) is 0 Å². The normalized spacial score (nSPS) is 18.3. The van der Waals surface area contributed by atoms with E-state index in [-0.39, 0.29) is 18.4 Å². The number of nitrogens with one attached hydrogen (secondary N) is 1. The number of aliphatic hydroxyl groups is 1. The number of nitrogens with zero attached hydrogens (tertiary/aromatic N) is 3. The van der Waals surface area contributed by atoms with Crippen LogP contribution in [0.3, 0.4) is 0 Å². The van der Waals surface area contributed by atoms with Gasteiger partial charge in [0, 0.05) is 20.1 Å². The molecule has 130 valence electrons. The minimum atomic E-state index is -0.537. The summed E-state index contributed by atoms with van der Waals surface area (Å²) >= 11 is 0. The van der Waals surface area contributed by atoms with Crippen molar-refractivity contribution in [3.63, 3.8) is 0 Å². The van der Waals surface area contributed by atoms with E-state index in [1.165, 1.54) is 12.8 Å². The lowest BCUT2D eigenvalue weighted by Crippen LogP contribution is -2.43. The molecule has 1 aromatic rings. The van der Waals surface area contributed by atoms with Crippen LogP contribution < -0.4 is 5.32 Å². The molecule has 0 bridgehead atoms. The molecule has 0 spiro atoms. The van der Waals surface area contributed by atoms with Crippen molar-refractivity contribution in [2.75, 3.05) is 26.2 Å². The first-order valence-electron chi connectivity index (χ1n) is 8.59. The minimum Gasteiger partial charge on any atom is -0.390 e. The largest absolute Gasteiger partial charge is 0.390 e. The van der Waals surface area contributed by atoms with Crippen LogP contribution in [-0.4, -0.2) is 58.0 Å². The molecule has 2 N–H and O–H groups in total. The average molecular weight is 322 g/mol. The standard InChI is InChI=1S/C17H30N4O2/c1-12(2)15-9-16(20(4)19-15)17(23)18-10-14(22)11-21-7-5-13(3)6-8-21/h9,12-14,22H,5-8,10-11H2,1-4H3,(H,18,23). The summed E-state index contributed by atoms with van der Waals surface area (Å²) in [4.78, 5) is 14.5. The molecule has 0 saturated carbocycles. The number of piperidine rings is 1. The number of hydrogen-bond acceptors (Lipinski definition) is 4. The molecule has 1 aliphatic heterocycles. The molecule has 1 aliphatic rings. The van der Waals surface area contributed by atoms with E-state index in [4.69, 9.17) is 0 Å². The Balaban J connectivity index is 1.79. The highest BCUT2D eigenvalue weighted by Gasteiger charge is 2.20. The Bertz CT molecular complexity index is 519. The number of amides is 1. The van der Waals surface area contributed by atoms with Crippen LogP contribution in [0.4, 0.5) is 0 Å². The number of carbonyl (C=O) groups excluding carboxylic acids is 1. The van der Waals surface area contributed by atoms with Crippen LogP contribution >= 0.6 is 0 Å². The number of likely N-dealkylation sites (tertiary alicyclic amines) is 1. The number of β-amino-alcohol motifs (C(OH)–C–C–N with tert-alkyl or cyclic N) is 1. The fourth-order valence-corrected chi connectivity index (χ4v) is 2.89. The Morgan fingerprint density at radius 2 is 2.09 bits per heavy atom. The van der Waals surface area contributed by atoms with Gasteiger partial charge < -0.3 is 15.3 Å². The highest BCUT2D eigenvalue weighted by molar-refractivity contribution is 5.92. The lowest BCUT2D eigenvalue weighted by atomic mass is 9.99. The van der Waals surface area contributed by atoms with Gasteiger partial charge in [0.25, 0.3) is 5.91 Å². The van der Waals surface area contributed by atoms with Crippen molar-refractivity contribution in [3.05, 3.63) is 17.5 Å². The summed E-state index contributed by atoms with van der Waals surface area (Å²) in [7, 11) is 1.77. The first-order valence-corrected chi connectivity index (χ1v) is 8.59. The summed E-state index contributed by atoms with van der Waals surface area (Å²) in [5, 5.41) is 17.3. The third-order valence-electron chi connectivity index (χ3n) is 4.57. The van der Waals surface area contributed by atoms with Gasteiger partial charge in [0.1, 0.15) is 5.69 Å². The number of aliphatic hydroxyl groups excluding tert-OH is 1. The van der Waals surface area contributed by atoms with E-state index in [1.54, 1.807) is 11.7 Å². The van der Waals surface area contributed by atoms with Gasteiger partial charge in [-0.3, -0.25) is 9.48 Å². The predicted molar refractivity (Wildman–Crippen MR) is 90.5 cm³/mol. The molecular weight excluding hydrogens is 292 g/mol. The van der Waals surface area contributed by atoms with Crippen LogP contribution in [0.1, 0.15) is 55.7 Å². The Morgan fingerprint density at radius 3 is 2.65 bits per heavy atom.